The van der Waals surface area contributed by atoms with Crippen molar-refractivity contribution in [3.05, 3.63) is 41.1 Å². The summed E-state index contributed by atoms with van der Waals surface area (Å²) in [6, 6.07) is 4.11. The van der Waals surface area contributed by atoms with E-state index >= 15 is 0 Å². The molecule has 1 aliphatic heterocycles. The standard InChI is InChI=1S/C11H9F3N2O3S/c12-11(13,14)7-2-1-3-8(4-7)19-6-10-16-5-9(15)20(10,17)18/h1-5H,6,15H2. The Morgan fingerprint density at radius 1 is 1.30 bits per heavy atom. The van der Waals surface area contributed by atoms with Gasteiger partial charge in [-0.05, 0) is 18.2 Å². The van der Waals surface area contributed by atoms with Gasteiger partial charge in [-0.2, -0.15) is 13.2 Å². The average Bonchev–Trinajstić information content (AvgIpc) is 2.61. The Balaban J connectivity index is 2.10. The molecule has 0 aliphatic carbocycles. The Hall–Kier alpha value is -2.03. The second-order valence-corrected chi connectivity index (χ2v) is 5.82. The third-order valence-corrected chi connectivity index (χ3v) is 4.05. The zero-order valence-corrected chi connectivity index (χ0v) is 10.7. The molecule has 1 aliphatic rings. The van der Waals surface area contributed by atoms with Gasteiger partial charge in [-0.25, -0.2) is 13.4 Å². The van der Waals surface area contributed by atoms with Crippen LogP contribution in [0.2, 0.25) is 0 Å². The number of halogens is 3. The van der Waals surface area contributed by atoms with E-state index in [-0.39, 0.29) is 10.8 Å². The van der Waals surface area contributed by atoms with Crippen molar-refractivity contribution in [1.29, 1.82) is 0 Å². The van der Waals surface area contributed by atoms with Gasteiger partial charge in [0.2, 0.25) is 9.84 Å². The quantitative estimate of drug-likeness (QED) is 0.921. The van der Waals surface area contributed by atoms with Gasteiger partial charge in [0.25, 0.3) is 0 Å². The van der Waals surface area contributed by atoms with Crippen molar-refractivity contribution in [2.75, 3.05) is 6.61 Å². The summed E-state index contributed by atoms with van der Waals surface area (Å²) in [6.07, 6.45) is -3.54. The summed E-state index contributed by atoms with van der Waals surface area (Å²) in [5, 5.41) is -0.757. The first kappa shape index (κ1) is 14.4. The number of alkyl halides is 3. The molecular weight excluding hydrogens is 297 g/mol. The summed E-state index contributed by atoms with van der Waals surface area (Å²) in [4.78, 5) is 3.55. The fraction of sp³-hybridized carbons (Fsp3) is 0.182. The zero-order valence-electron chi connectivity index (χ0n) is 9.89. The summed E-state index contributed by atoms with van der Waals surface area (Å²) in [7, 11) is -3.83. The summed E-state index contributed by atoms with van der Waals surface area (Å²) >= 11 is 0. The van der Waals surface area contributed by atoms with Crippen molar-refractivity contribution in [2.24, 2.45) is 10.7 Å². The van der Waals surface area contributed by atoms with Gasteiger partial charge >= 0.3 is 6.18 Å². The molecule has 108 valence electrons. The van der Waals surface area contributed by atoms with Crippen LogP contribution in [0.25, 0.3) is 0 Å². The van der Waals surface area contributed by atoms with Crippen molar-refractivity contribution in [3.63, 3.8) is 0 Å². The molecule has 20 heavy (non-hydrogen) atoms. The third-order valence-electron chi connectivity index (χ3n) is 2.48. The molecule has 0 saturated carbocycles. The molecule has 2 N–H and O–H groups in total. The highest BCUT2D eigenvalue weighted by Crippen LogP contribution is 2.31. The Labute approximate surface area is 112 Å². The van der Waals surface area contributed by atoms with E-state index < -0.39 is 33.2 Å². The van der Waals surface area contributed by atoms with Crippen LogP contribution in [0.4, 0.5) is 13.2 Å². The molecule has 0 atom stereocenters. The van der Waals surface area contributed by atoms with E-state index in [0.717, 1.165) is 24.4 Å². The molecule has 0 aromatic heterocycles. The number of nitrogens with zero attached hydrogens (tertiary/aromatic N) is 1. The lowest BCUT2D eigenvalue weighted by Crippen LogP contribution is -2.23. The Bertz CT molecular complexity index is 693. The topological polar surface area (TPSA) is 81.8 Å². The van der Waals surface area contributed by atoms with Crippen LogP contribution >= 0.6 is 0 Å². The number of ether oxygens (including phenoxy) is 1. The summed E-state index contributed by atoms with van der Waals surface area (Å²) in [5.74, 6) is -0.108. The number of rotatable bonds is 3. The first-order valence-electron chi connectivity index (χ1n) is 5.29. The maximum absolute atomic E-state index is 12.5. The molecule has 1 heterocycles. The molecule has 0 spiro atoms. The maximum atomic E-state index is 12.5. The van der Waals surface area contributed by atoms with Gasteiger partial charge in [0, 0.05) is 0 Å². The van der Waals surface area contributed by atoms with Crippen LogP contribution in [0, 0.1) is 0 Å². The Morgan fingerprint density at radius 2 is 2.00 bits per heavy atom. The highest BCUT2D eigenvalue weighted by Gasteiger charge is 2.31. The summed E-state index contributed by atoms with van der Waals surface area (Å²) in [6.45, 7) is -0.485. The van der Waals surface area contributed by atoms with Crippen LogP contribution in [0.15, 0.2) is 40.5 Å². The van der Waals surface area contributed by atoms with E-state index in [1.165, 1.54) is 6.07 Å². The van der Waals surface area contributed by atoms with Crippen LogP contribution in [0.1, 0.15) is 5.56 Å². The van der Waals surface area contributed by atoms with Crippen LogP contribution in [-0.4, -0.2) is 20.1 Å². The van der Waals surface area contributed by atoms with Crippen molar-refractivity contribution >= 4 is 14.9 Å². The Kier molecular flexibility index (Phi) is 3.46. The van der Waals surface area contributed by atoms with Gasteiger partial charge in [-0.1, -0.05) is 6.07 Å². The van der Waals surface area contributed by atoms with E-state index in [2.05, 4.69) is 4.99 Å². The van der Waals surface area contributed by atoms with Gasteiger partial charge in [0.15, 0.2) is 10.1 Å². The predicted octanol–water partition coefficient (Wildman–Crippen LogP) is 1.67. The largest absolute Gasteiger partial charge is 0.487 e. The van der Waals surface area contributed by atoms with E-state index in [4.69, 9.17) is 10.5 Å². The monoisotopic (exact) mass is 306 g/mol. The minimum Gasteiger partial charge on any atom is -0.487 e. The second-order valence-electron chi connectivity index (χ2n) is 3.87. The van der Waals surface area contributed by atoms with Gasteiger partial charge in [-0.3, -0.25) is 0 Å². The smallest absolute Gasteiger partial charge is 0.416 e. The number of aliphatic imine (C=N–C) groups is 1. The SMILES string of the molecule is NC1=CN=C(COc2cccc(C(F)(F)F)c2)S1(=O)=O. The molecule has 9 heteroatoms. The summed E-state index contributed by atoms with van der Waals surface area (Å²) < 4.78 is 65.6. The van der Waals surface area contributed by atoms with Gasteiger partial charge in [-0.15, -0.1) is 0 Å². The van der Waals surface area contributed by atoms with Crippen LogP contribution in [0.3, 0.4) is 0 Å². The maximum Gasteiger partial charge on any atom is 0.416 e. The van der Waals surface area contributed by atoms with Gasteiger partial charge in [0.05, 0.1) is 11.8 Å². The molecule has 0 fully saturated rings. The van der Waals surface area contributed by atoms with Crippen LogP contribution in [-0.2, 0) is 16.0 Å². The van der Waals surface area contributed by atoms with Crippen molar-refractivity contribution < 1.29 is 26.3 Å². The highest BCUT2D eigenvalue weighted by atomic mass is 32.2. The van der Waals surface area contributed by atoms with E-state index in [9.17, 15) is 21.6 Å². The molecule has 5 nitrogen and oxygen atoms in total. The predicted molar refractivity (Wildman–Crippen MR) is 65.6 cm³/mol. The molecular formula is C11H9F3N2O3S. The first-order valence-corrected chi connectivity index (χ1v) is 6.77. The minimum atomic E-state index is -4.50. The number of hydrogen-bond acceptors (Lipinski definition) is 5. The summed E-state index contributed by atoms with van der Waals surface area (Å²) in [5.41, 5.74) is 4.32. The molecule has 0 saturated heterocycles. The molecule has 1 aromatic carbocycles. The number of hydrogen-bond donors (Lipinski definition) is 1. The number of nitrogens with two attached hydrogens (primary N) is 1. The lowest BCUT2D eigenvalue weighted by atomic mass is 10.2. The van der Waals surface area contributed by atoms with Gasteiger partial charge < -0.3 is 10.5 Å². The lowest BCUT2D eigenvalue weighted by Gasteiger charge is -2.10. The molecule has 0 radical (unpaired) electrons. The van der Waals surface area contributed by atoms with E-state index in [1.54, 1.807) is 0 Å². The lowest BCUT2D eigenvalue weighted by molar-refractivity contribution is -0.137. The molecule has 2 rings (SSSR count). The van der Waals surface area contributed by atoms with Crippen molar-refractivity contribution in [2.45, 2.75) is 6.18 Å². The fourth-order valence-electron chi connectivity index (χ4n) is 1.43. The zero-order chi connectivity index (χ0) is 15.0. The van der Waals surface area contributed by atoms with Crippen LogP contribution < -0.4 is 10.5 Å². The normalized spacial score (nSPS) is 17.6. The minimum absolute atomic E-state index is 0.108. The molecule has 0 amide bonds. The fourth-order valence-corrected chi connectivity index (χ4v) is 2.30. The number of sulfone groups is 1. The van der Waals surface area contributed by atoms with Crippen molar-refractivity contribution in [1.82, 2.24) is 0 Å². The van der Waals surface area contributed by atoms with Gasteiger partial charge in [0.1, 0.15) is 12.4 Å². The van der Waals surface area contributed by atoms with E-state index in [1.807, 2.05) is 0 Å². The van der Waals surface area contributed by atoms with Crippen molar-refractivity contribution in [3.8, 4) is 5.75 Å². The number of benzene rings is 1. The molecule has 0 bridgehead atoms. The first-order chi connectivity index (χ1) is 9.21. The van der Waals surface area contributed by atoms with Crippen LogP contribution in [0.5, 0.6) is 5.75 Å². The second kappa shape index (κ2) is 4.82. The molecule has 1 aromatic rings. The Morgan fingerprint density at radius 3 is 2.55 bits per heavy atom. The third kappa shape index (κ3) is 2.77. The van der Waals surface area contributed by atoms with E-state index in [0.29, 0.717) is 0 Å². The molecule has 0 unspecified atom stereocenters. The highest BCUT2D eigenvalue weighted by molar-refractivity contribution is 8.10. The average molecular weight is 306 g/mol.